The summed E-state index contributed by atoms with van der Waals surface area (Å²) in [6.07, 6.45) is 3.83. The fourth-order valence-electron chi connectivity index (χ4n) is 2.35. The first-order valence-corrected chi connectivity index (χ1v) is 7.22. The SMILES string of the molecule is CCOc1cc(C)nc(NCCCN2CCCC2)n1. The van der Waals surface area contributed by atoms with Crippen LogP contribution in [0.5, 0.6) is 5.88 Å². The normalized spacial score (nSPS) is 15.7. The van der Waals surface area contributed by atoms with Gasteiger partial charge in [-0.05, 0) is 52.7 Å². The monoisotopic (exact) mass is 264 g/mol. The maximum absolute atomic E-state index is 5.42. The van der Waals surface area contributed by atoms with Crippen molar-refractivity contribution in [3.8, 4) is 5.88 Å². The third kappa shape index (κ3) is 4.67. The van der Waals surface area contributed by atoms with Crippen molar-refractivity contribution in [2.75, 3.05) is 38.1 Å². The first-order valence-electron chi connectivity index (χ1n) is 7.22. The Labute approximate surface area is 115 Å². The first-order chi connectivity index (χ1) is 9.28. The molecule has 5 nitrogen and oxygen atoms in total. The van der Waals surface area contributed by atoms with Crippen molar-refractivity contribution in [1.29, 1.82) is 0 Å². The van der Waals surface area contributed by atoms with Crippen LogP contribution in [-0.2, 0) is 0 Å². The molecule has 1 aromatic heterocycles. The highest BCUT2D eigenvalue weighted by atomic mass is 16.5. The minimum atomic E-state index is 0.630. The van der Waals surface area contributed by atoms with Crippen LogP contribution in [0.15, 0.2) is 6.07 Å². The Kier molecular flexibility index (Phi) is 5.39. The minimum Gasteiger partial charge on any atom is -0.478 e. The van der Waals surface area contributed by atoms with Gasteiger partial charge in [0.05, 0.1) is 6.61 Å². The van der Waals surface area contributed by atoms with Crippen LogP contribution in [0.2, 0.25) is 0 Å². The van der Waals surface area contributed by atoms with E-state index < -0.39 is 0 Å². The van der Waals surface area contributed by atoms with Gasteiger partial charge in [-0.25, -0.2) is 4.98 Å². The van der Waals surface area contributed by atoms with E-state index in [2.05, 4.69) is 20.2 Å². The summed E-state index contributed by atoms with van der Waals surface area (Å²) in [5.41, 5.74) is 0.931. The number of nitrogens with one attached hydrogen (secondary N) is 1. The number of nitrogens with zero attached hydrogens (tertiary/aromatic N) is 3. The molecule has 1 N–H and O–H groups in total. The number of rotatable bonds is 7. The summed E-state index contributed by atoms with van der Waals surface area (Å²) in [6, 6.07) is 1.86. The molecule has 0 spiro atoms. The van der Waals surface area contributed by atoms with Crippen molar-refractivity contribution in [2.24, 2.45) is 0 Å². The van der Waals surface area contributed by atoms with E-state index in [0.717, 1.165) is 25.2 Å². The molecule has 1 aromatic rings. The van der Waals surface area contributed by atoms with E-state index in [1.54, 1.807) is 0 Å². The fourth-order valence-corrected chi connectivity index (χ4v) is 2.35. The first kappa shape index (κ1) is 14.1. The van der Waals surface area contributed by atoms with E-state index in [4.69, 9.17) is 4.74 Å². The molecule has 1 aliphatic rings. The number of hydrogen-bond donors (Lipinski definition) is 1. The molecule has 2 heterocycles. The lowest BCUT2D eigenvalue weighted by molar-refractivity contribution is 0.326. The Morgan fingerprint density at radius 1 is 1.32 bits per heavy atom. The second-order valence-corrected chi connectivity index (χ2v) is 4.93. The number of aromatic nitrogens is 2. The Morgan fingerprint density at radius 3 is 2.84 bits per heavy atom. The van der Waals surface area contributed by atoms with Gasteiger partial charge in [0.15, 0.2) is 0 Å². The average molecular weight is 264 g/mol. The Bertz CT molecular complexity index is 391. The largest absolute Gasteiger partial charge is 0.478 e. The molecule has 0 radical (unpaired) electrons. The van der Waals surface area contributed by atoms with Crippen LogP contribution in [0.25, 0.3) is 0 Å². The van der Waals surface area contributed by atoms with Crippen LogP contribution in [0.1, 0.15) is 31.9 Å². The molecular formula is C14H24N4O. The lowest BCUT2D eigenvalue weighted by Crippen LogP contribution is -2.22. The molecule has 0 bridgehead atoms. The third-order valence-corrected chi connectivity index (χ3v) is 3.26. The molecule has 19 heavy (non-hydrogen) atoms. The zero-order valence-electron chi connectivity index (χ0n) is 12.0. The molecule has 2 rings (SSSR count). The standard InChI is InChI=1S/C14H24N4O/c1-3-19-13-11-12(2)16-14(17-13)15-7-6-10-18-8-4-5-9-18/h11H,3-10H2,1-2H3,(H,15,16,17). The summed E-state index contributed by atoms with van der Waals surface area (Å²) < 4.78 is 5.42. The predicted octanol–water partition coefficient (Wildman–Crippen LogP) is 2.08. The molecule has 5 heteroatoms. The maximum atomic E-state index is 5.42. The summed E-state index contributed by atoms with van der Waals surface area (Å²) in [7, 11) is 0. The van der Waals surface area contributed by atoms with E-state index in [1.165, 1.54) is 25.9 Å². The smallest absolute Gasteiger partial charge is 0.226 e. The fraction of sp³-hybridized carbons (Fsp3) is 0.714. The molecular weight excluding hydrogens is 240 g/mol. The molecule has 0 unspecified atom stereocenters. The van der Waals surface area contributed by atoms with Gasteiger partial charge >= 0.3 is 0 Å². The summed E-state index contributed by atoms with van der Waals surface area (Å²) in [4.78, 5) is 11.2. The van der Waals surface area contributed by atoms with Crippen molar-refractivity contribution in [2.45, 2.75) is 33.1 Å². The summed E-state index contributed by atoms with van der Waals surface area (Å²) in [5.74, 6) is 1.32. The molecule has 0 aliphatic carbocycles. The number of likely N-dealkylation sites (tertiary alicyclic amines) is 1. The van der Waals surface area contributed by atoms with Crippen molar-refractivity contribution in [3.05, 3.63) is 11.8 Å². The number of aryl methyl sites for hydroxylation is 1. The van der Waals surface area contributed by atoms with Crippen molar-refractivity contribution in [1.82, 2.24) is 14.9 Å². The van der Waals surface area contributed by atoms with Crippen LogP contribution in [0, 0.1) is 6.92 Å². The van der Waals surface area contributed by atoms with Gasteiger partial charge < -0.3 is 15.0 Å². The predicted molar refractivity (Wildman–Crippen MR) is 76.7 cm³/mol. The summed E-state index contributed by atoms with van der Waals surface area (Å²) in [6.45, 7) is 9.14. The lowest BCUT2D eigenvalue weighted by atomic mass is 10.4. The molecule has 0 saturated carbocycles. The Hall–Kier alpha value is -1.36. The van der Waals surface area contributed by atoms with E-state index in [9.17, 15) is 0 Å². The van der Waals surface area contributed by atoms with Crippen LogP contribution in [0.3, 0.4) is 0 Å². The third-order valence-electron chi connectivity index (χ3n) is 3.26. The van der Waals surface area contributed by atoms with Crippen LogP contribution in [0.4, 0.5) is 5.95 Å². The minimum absolute atomic E-state index is 0.630. The summed E-state index contributed by atoms with van der Waals surface area (Å²) in [5, 5.41) is 3.28. The number of ether oxygens (including phenoxy) is 1. The van der Waals surface area contributed by atoms with E-state index >= 15 is 0 Å². The van der Waals surface area contributed by atoms with Gasteiger partial charge in [0.25, 0.3) is 0 Å². The summed E-state index contributed by atoms with van der Waals surface area (Å²) >= 11 is 0. The van der Waals surface area contributed by atoms with Gasteiger partial charge in [-0.3, -0.25) is 0 Å². The van der Waals surface area contributed by atoms with E-state index in [1.807, 2.05) is 19.9 Å². The van der Waals surface area contributed by atoms with Gasteiger partial charge in [0.2, 0.25) is 11.8 Å². The van der Waals surface area contributed by atoms with Gasteiger partial charge in [-0.15, -0.1) is 0 Å². The van der Waals surface area contributed by atoms with Gasteiger partial charge in [-0.2, -0.15) is 4.98 Å². The van der Waals surface area contributed by atoms with E-state index in [0.29, 0.717) is 18.4 Å². The highest BCUT2D eigenvalue weighted by Crippen LogP contribution is 2.12. The van der Waals surface area contributed by atoms with Crippen LogP contribution < -0.4 is 10.1 Å². The maximum Gasteiger partial charge on any atom is 0.226 e. The van der Waals surface area contributed by atoms with Crippen molar-refractivity contribution in [3.63, 3.8) is 0 Å². The number of anilines is 1. The quantitative estimate of drug-likeness (QED) is 0.764. The molecule has 1 fully saturated rings. The highest BCUT2D eigenvalue weighted by Gasteiger charge is 2.10. The van der Waals surface area contributed by atoms with E-state index in [-0.39, 0.29) is 0 Å². The zero-order valence-corrected chi connectivity index (χ0v) is 12.0. The number of hydrogen-bond acceptors (Lipinski definition) is 5. The molecule has 0 atom stereocenters. The molecule has 0 aromatic carbocycles. The lowest BCUT2D eigenvalue weighted by Gasteiger charge is -2.14. The molecule has 1 saturated heterocycles. The van der Waals surface area contributed by atoms with Crippen LogP contribution in [-0.4, -0.2) is 47.7 Å². The highest BCUT2D eigenvalue weighted by molar-refractivity contribution is 5.30. The molecule has 106 valence electrons. The van der Waals surface area contributed by atoms with Gasteiger partial charge in [0.1, 0.15) is 0 Å². The van der Waals surface area contributed by atoms with Crippen molar-refractivity contribution < 1.29 is 4.74 Å². The zero-order chi connectivity index (χ0) is 13.5. The molecule has 0 amide bonds. The topological polar surface area (TPSA) is 50.3 Å². The van der Waals surface area contributed by atoms with Crippen LogP contribution >= 0.6 is 0 Å². The van der Waals surface area contributed by atoms with Gasteiger partial charge in [0, 0.05) is 18.3 Å². The van der Waals surface area contributed by atoms with Gasteiger partial charge in [-0.1, -0.05) is 0 Å². The average Bonchev–Trinajstić information content (AvgIpc) is 2.87. The Morgan fingerprint density at radius 2 is 2.11 bits per heavy atom. The molecule has 1 aliphatic heterocycles. The van der Waals surface area contributed by atoms with Crippen molar-refractivity contribution >= 4 is 5.95 Å². The second-order valence-electron chi connectivity index (χ2n) is 4.93. The second kappa shape index (κ2) is 7.28. The Balaban J connectivity index is 1.75.